The van der Waals surface area contributed by atoms with Gasteiger partial charge in [-0.25, -0.2) is 4.98 Å². The first kappa shape index (κ1) is 9.53. The van der Waals surface area contributed by atoms with Crippen molar-refractivity contribution in [3.05, 3.63) is 23.4 Å². The molecule has 1 unspecified atom stereocenters. The Hall–Kier alpha value is -1.56. The van der Waals surface area contributed by atoms with Gasteiger partial charge in [0.15, 0.2) is 0 Å². The normalized spacial score (nSPS) is 11.8. The molecule has 1 atom stereocenters. The summed E-state index contributed by atoms with van der Waals surface area (Å²) in [5.74, 6) is 0.452. The molecule has 1 heterocycles. The van der Waals surface area contributed by atoms with Gasteiger partial charge in [-0.2, -0.15) is 5.26 Å². The van der Waals surface area contributed by atoms with Gasteiger partial charge in [0.25, 0.3) is 0 Å². The van der Waals surface area contributed by atoms with Crippen molar-refractivity contribution in [3.8, 4) is 11.9 Å². The Morgan fingerprint density at radius 2 is 2.23 bits per heavy atom. The van der Waals surface area contributed by atoms with Crippen LogP contribution < -0.4 is 4.74 Å². The fourth-order valence-corrected chi connectivity index (χ4v) is 1.09. The van der Waals surface area contributed by atoms with Crippen LogP contribution in [-0.2, 0) is 0 Å². The van der Waals surface area contributed by atoms with Gasteiger partial charge >= 0.3 is 0 Å². The van der Waals surface area contributed by atoms with Crippen molar-refractivity contribution >= 4 is 0 Å². The molecule has 13 heavy (non-hydrogen) atoms. The maximum Gasteiger partial charge on any atom is 0.213 e. The monoisotopic (exact) mass is 176 g/mol. The highest BCUT2D eigenvalue weighted by atomic mass is 16.5. The number of aromatic nitrogens is 1. The molecular weight excluding hydrogens is 164 g/mol. The topological polar surface area (TPSA) is 45.9 Å². The molecular formula is C10H12N2O. The number of hydrogen-bond acceptors (Lipinski definition) is 3. The Balaban J connectivity index is 3.10. The van der Waals surface area contributed by atoms with E-state index in [1.54, 1.807) is 13.2 Å². The SMILES string of the molecule is COc1cc(C(C)C#N)cc(C)n1. The second-order valence-corrected chi connectivity index (χ2v) is 2.94. The molecule has 0 spiro atoms. The van der Waals surface area contributed by atoms with Gasteiger partial charge < -0.3 is 4.74 Å². The maximum absolute atomic E-state index is 8.73. The van der Waals surface area contributed by atoms with Crippen LogP contribution in [0.2, 0.25) is 0 Å². The lowest BCUT2D eigenvalue weighted by Gasteiger charge is -2.06. The Labute approximate surface area is 78.0 Å². The highest BCUT2D eigenvalue weighted by molar-refractivity contribution is 5.30. The van der Waals surface area contributed by atoms with E-state index in [9.17, 15) is 0 Å². The van der Waals surface area contributed by atoms with Crippen molar-refractivity contribution in [2.75, 3.05) is 7.11 Å². The zero-order valence-electron chi connectivity index (χ0n) is 8.03. The van der Waals surface area contributed by atoms with Gasteiger partial charge in [0.1, 0.15) is 0 Å². The fourth-order valence-electron chi connectivity index (χ4n) is 1.09. The summed E-state index contributed by atoms with van der Waals surface area (Å²) in [4.78, 5) is 4.14. The number of methoxy groups -OCH3 is 1. The second kappa shape index (κ2) is 3.90. The summed E-state index contributed by atoms with van der Waals surface area (Å²) in [6.07, 6.45) is 0. The van der Waals surface area contributed by atoms with E-state index in [0.717, 1.165) is 11.3 Å². The van der Waals surface area contributed by atoms with Crippen LogP contribution in [0.15, 0.2) is 12.1 Å². The highest BCUT2D eigenvalue weighted by Crippen LogP contribution is 2.19. The summed E-state index contributed by atoms with van der Waals surface area (Å²) in [5.41, 5.74) is 1.82. The van der Waals surface area contributed by atoms with Crippen LogP contribution in [0.25, 0.3) is 0 Å². The molecule has 0 aliphatic rings. The van der Waals surface area contributed by atoms with Gasteiger partial charge in [0, 0.05) is 11.8 Å². The number of nitriles is 1. The smallest absolute Gasteiger partial charge is 0.213 e. The molecule has 0 aliphatic carbocycles. The van der Waals surface area contributed by atoms with Crippen LogP contribution in [-0.4, -0.2) is 12.1 Å². The number of nitrogens with zero attached hydrogens (tertiary/aromatic N) is 2. The van der Waals surface area contributed by atoms with Crippen LogP contribution in [0.3, 0.4) is 0 Å². The third-order valence-electron chi connectivity index (χ3n) is 1.86. The Morgan fingerprint density at radius 1 is 1.54 bits per heavy atom. The van der Waals surface area contributed by atoms with E-state index >= 15 is 0 Å². The molecule has 0 bridgehead atoms. The predicted octanol–water partition coefficient (Wildman–Crippen LogP) is 2.03. The summed E-state index contributed by atoms with van der Waals surface area (Å²) in [5, 5.41) is 8.73. The molecule has 0 aliphatic heterocycles. The standard InChI is InChI=1S/C10H12N2O/c1-7(6-11)9-4-8(2)12-10(5-9)13-3/h4-5,7H,1-3H3. The van der Waals surface area contributed by atoms with E-state index in [4.69, 9.17) is 10.00 Å². The predicted molar refractivity (Wildman–Crippen MR) is 49.6 cm³/mol. The van der Waals surface area contributed by atoms with E-state index in [2.05, 4.69) is 11.1 Å². The van der Waals surface area contributed by atoms with Crippen LogP contribution >= 0.6 is 0 Å². The molecule has 0 aromatic carbocycles. The third kappa shape index (κ3) is 2.19. The van der Waals surface area contributed by atoms with Crippen LogP contribution in [0.4, 0.5) is 0 Å². The lowest BCUT2D eigenvalue weighted by Crippen LogP contribution is -1.95. The van der Waals surface area contributed by atoms with E-state index in [0.29, 0.717) is 5.88 Å². The molecule has 0 N–H and O–H groups in total. The third-order valence-corrected chi connectivity index (χ3v) is 1.86. The average Bonchev–Trinajstić information content (AvgIpc) is 2.15. The minimum absolute atomic E-state index is 0.115. The van der Waals surface area contributed by atoms with Crippen LogP contribution in [0.5, 0.6) is 5.88 Å². The molecule has 0 saturated carbocycles. The van der Waals surface area contributed by atoms with Gasteiger partial charge in [-0.1, -0.05) is 0 Å². The molecule has 0 saturated heterocycles. The molecule has 0 amide bonds. The van der Waals surface area contributed by atoms with Gasteiger partial charge in [0.2, 0.25) is 5.88 Å². The molecule has 68 valence electrons. The molecule has 1 aromatic rings. The summed E-state index contributed by atoms with van der Waals surface area (Å²) in [6.45, 7) is 3.74. The van der Waals surface area contributed by atoms with Crippen LogP contribution in [0.1, 0.15) is 24.1 Å². The van der Waals surface area contributed by atoms with Crippen molar-refractivity contribution in [1.29, 1.82) is 5.26 Å². The van der Waals surface area contributed by atoms with E-state index in [-0.39, 0.29) is 5.92 Å². The minimum Gasteiger partial charge on any atom is -0.481 e. The van der Waals surface area contributed by atoms with Crippen molar-refractivity contribution in [1.82, 2.24) is 4.98 Å². The van der Waals surface area contributed by atoms with E-state index < -0.39 is 0 Å². The summed E-state index contributed by atoms with van der Waals surface area (Å²) < 4.78 is 5.01. The van der Waals surface area contributed by atoms with Gasteiger partial charge in [-0.15, -0.1) is 0 Å². The van der Waals surface area contributed by atoms with Crippen molar-refractivity contribution in [2.45, 2.75) is 19.8 Å². The van der Waals surface area contributed by atoms with E-state index in [1.165, 1.54) is 0 Å². The fraction of sp³-hybridized carbons (Fsp3) is 0.400. The number of hydrogen-bond donors (Lipinski definition) is 0. The largest absolute Gasteiger partial charge is 0.481 e. The number of aryl methyl sites for hydroxylation is 1. The molecule has 3 heteroatoms. The first-order valence-corrected chi connectivity index (χ1v) is 4.09. The molecule has 3 nitrogen and oxygen atoms in total. The average molecular weight is 176 g/mol. The minimum atomic E-state index is -0.115. The van der Waals surface area contributed by atoms with Crippen molar-refractivity contribution < 1.29 is 4.74 Å². The zero-order chi connectivity index (χ0) is 9.84. The Morgan fingerprint density at radius 3 is 2.77 bits per heavy atom. The summed E-state index contributed by atoms with van der Waals surface area (Å²) in [7, 11) is 1.57. The number of pyridine rings is 1. The van der Waals surface area contributed by atoms with Crippen molar-refractivity contribution in [3.63, 3.8) is 0 Å². The molecule has 1 aromatic heterocycles. The molecule has 0 radical (unpaired) electrons. The maximum atomic E-state index is 8.73. The Bertz CT molecular complexity index is 341. The van der Waals surface area contributed by atoms with Gasteiger partial charge in [-0.05, 0) is 25.5 Å². The Kier molecular flexibility index (Phi) is 2.86. The molecule has 0 fully saturated rings. The van der Waals surface area contributed by atoms with Gasteiger partial charge in [0.05, 0.1) is 19.1 Å². The summed E-state index contributed by atoms with van der Waals surface area (Å²) >= 11 is 0. The van der Waals surface area contributed by atoms with E-state index in [1.807, 2.05) is 19.9 Å². The molecule has 1 rings (SSSR count). The van der Waals surface area contributed by atoms with Gasteiger partial charge in [-0.3, -0.25) is 0 Å². The zero-order valence-corrected chi connectivity index (χ0v) is 8.03. The second-order valence-electron chi connectivity index (χ2n) is 2.94. The first-order valence-electron chi connectivity index (χ1n) is 4.09. The quantitative estimate of drug-likeness (QED) is 0.692. The lowest BCUT2D eigenvalue weighted by molar-refractivity contribution is 0.396. The summed E-state index contributed by atoms with van der Waals surface area (Å²) in [6, 6.07) is 5.87. The van der Waals surface area contributed by atoms with Crippen LogP contribution in [0, 0.1) is 18.3 Å². The highest BCUT2D eigenvalue weighted by Gasteiger charge is 2.06. The van der Waals surface area contributed by atoms with Crippen molar-refractivity contribution in [2.24, 2.45) is 0 Å². The number of ether oxygens (including phenoxy) is 1. The first-order chi connectivity index (χ1) is 6.17. The lowest BCUT2D eigenvalue weighted by atomic mass is 10.0. The number of rotatable bonds is 2.